The van der Waals surface area contributed by atoms with Crippen LogP contribution in [0, 0.1) is 16.2 Å². The number of allylic oxidation sites excluding steroid dienone is 2. The summed E-state index contributed by atoms with van der Waals surface area (Å²) in [6, 6.07) is 7.27. The molecule has 0 spiro atoms. The average molecular weight is 1500 g/mol. The summed E-state index contributed by atoms with van der Waals surface area (Å²) in [5.41, 5.74) is -5.81. The van der Waals surface area contributed by atoms with Gasteiger partial charge in [0, 0.05) is 118 Å². The second kappa shape index (κ2) is 46.0. The maximum Gasteiger partial charge on any atom is 0.330 e. The molecular weight excluding hydrogens is 1390 g/mol. The van der Waals surface area contributed by atoms with Crippen LogP contribution in [0.25, 0.3) is 0 Å². The van der Waals surface area contributed by atoms with Crippen LogP contribution in [0.4, 0.5) is 5.69 Å². The highest BCUT2D eigenvalue weighted by Crippen LogP contribution is 2.31. The summed E-state index contributed by atoms with van der Waals surface area (Å²) in [5, 5.41) is 0. The Morgan fingerprint density at radius 3 is 1.08 bits per heavy atom. The Morgan fingerprint density at radius 2 is 0.738 bits per heavy atom. The van der Waals surface area contributed by atoms with E-state index in [4.69, 9.17) is 66.3 Å². The lowest BCUT2D eigenvalue weighted by Gasteiger charge is -2.46. The number of piperazine rings is 2. The molecule has 2 saturated heterocycles. The molecule has 0 aliphatic carbocycles. The van der Waals surface area contributed by atoms with Gasteiger partial charge in [0.25, 0.3) is 0 Å². The molecule has 0 radical (unpaired) electrons. The normalized spacial score (nSPS) is 15.4. The number of rotatable bonds is 55. The molecule has 1 aromatic rings. The van der Waals surface area contributed by atoms with Gasteiger partial charge in [-0.3, -0.25) is 33.9 Å². The molecule has 0 aromatic heterocycles. The lowest BCUT2D eigenvalue weighted by Crippen LogP contribution is -2.60. The van der Waals surface area contributed by atoms with Crippen LogP contribution in [0.3, 0.4) is 0 Å². The van der Waals surface area contributed by atoms with Crippen molar-refractivity contribution in [3.8, 4) is 0 Å². The van der Waals surface area contributed by atoms with Crippen LogP contribution in [-0.4, -0.2) is 261 Å². The van der Waals surface area contributed by atoms with E-state index < -0.39 is 166 Å². The number of nitrogens with zero attached hydrogens (tertiary/aromatic N) is 4. The Bertz CT molecular complexity index is 3200. The van der Waals surface area contributed by atoms with Crippen molar-refractivity contribution in [3.05, 3.63) is 181 Å². The highest BCUT2D eigenvalue weighted by atomic mass is 16.6. The lowest BCUT2D eigenvalue weighted by molar-refractivity contribution is -0.188. The van der Waals surface area contributed by atoms with E-state index in [1.54, 1.807) is 0 Å². The molecule has 0 amide bonds. The first-order valence-corrected chi connectivity index (χ1v) is 34.1. The Morgan fingerprint density at radius 1 is 0.402 bits per heavy atom. The molecular formula is C78H104N4O25. The van der Waals surface area contributed by atoms with Crippen LogP contribution in [0.5, 0.6) is 0 Å². The van der Waals surface area contributed by atoms with E-state index in [1.165, 1.54) is 12.2 Å². The number of hydrogen-bond donors (Lipinski definition) is 0. The van der Waals surface area contributed by atoms with Gasteiger partial charge in [-0.1, -0.05) is 78.9 Å². The fourth-order valence-corrected chi connectivity index (χ4v) is 10.6. The van der Waals surface area contributed by atoms with E-state index >= 15 is 0 Å². The number of benzene rings is 1. The predicted molar refractivity (Wildman–Crippen MR) is 393 cm³/mol. The van der Waals surface area contributed by atoms with Crippen LogP contribution in [0.2, 0.25) is 0 Å². The number of hydrogen-bond acceptors (Lipinski definition) is 29. The number of carbonyl (C=O) groups is 11. The fraction of sp³-hybridized carbons (Fsp3) is 0.474. The molecule has 0 bridgehead atoms. The molecule has 3 unspecified atom stereocenters. The number of carbonyl (C=O) groups excluding carboxylic acids is 11. The number of anilines is 1. The molecule has 2 fully saturated rings. The van der Waals surface area contributed by atoms with E-state index in [0.29, 0.717) is 51.4 Å². The van der Waals surface area contributed by atoms with Crippen LogP contribution in [-0.2, 0) is 114 Å². The summed E-state index contributed by atoms with van der Waals surface area (Å²) in [6.07, 6.45) is 9.92. The van der Waals surface area contributed by atoms with Crippen LogP contribution in [0.15, 0.2) is 175 Å². The third-order valence-corrected chi connectivity index (χ3v) is 17.3. The molecule has 0 N–H and O–H groups in total. The minimum absolute atomic E-state index is 0.0491. The molecule has 3 rings (SSSR count). The zero-order chi connectivity index (χ0) is 79.8. The number of ketones is 2. The van der Waals surface area contributed by atoms with Gasteiger partial charge in [0.2, 0.25) is 0 Å². The van der Waals surface area contributed by atoms with Gasteiger partial charge in [-0.25, -0.2) is 33.6 Å². The Labute approximate surface area is 626 Å². The summed E-state index contributed by atoms with van der Waals surface area (Å²) in [7, 11) is 0. The zero-order valence-electron chi connectivity index (χ0n) is 62.1. The lowest BCUT2D eigenvalue weighted by atomic mass is 9.89. The maximum atomic E-state index is 14.4. The van der Waals surface area contributed by atoms with E-state index in [9.17, 15) is 52.7 Å². The SMILES string of the molecule is C=CC(=C)OCC(COCC(COC(=C)C=C)(COC(=O)C=C)COC(=O)CCN1CCN(C(C)(C)C(=O)c2ccc(N3CCN(CCC(=O)OCC(COCC(COC(=O)C=C)(COC(=O)C=C)OCC(=O)C=C)(COC(=O)C=C)COC(=O)C=C)C(C)C3)cc2)CC1C)(COC(=O)C=C)COC(=O)C=C. The molecule has 29 heteroatoms. The second-order valence-corrected chi connectivity index (χ2v) is 26.1. The molecule has 2 aliphatic heterocycles. The monoisotopic (exact) mass is 1500 g/mol. The Hall–Kier alpha value is -10.2. The van der Waals surface area contributed by atoms with Crippen LogP contribution >= 0.6 is 0 Å². The quantitative estimate of drug-likeness (QED) is 0.0178. The van der Waals surface area contributed by atoms with Crippen molar-refractivity contribution in [2.45, 2.75) is 63.8 Å². The maximum absolute atomic E-state index is 14.4. The van der Waals surface area contributed by atoms with Crippen molar-refractivity contribution in [3.63, 3.8) is 0 Å². The van der Waals surface area contributed by atoms with Crippen molar-refractivity contribution in [1.29, 1.82) is 0 Å². The van der Waals surface area contributed by atoms with Crippen LogP contribution < -0.4 is 4.90 Å². The zero-order valence-corrected chi connectivity index (χ0v) is 62.1. The first-order valence-electron chi connectivity index (χ1n) is 34.1. The average Bonchev–Trinajstić information content (AvgIpc) is 0.801. The Balaban J connectivity index is 1.70. The predicted octanol–water partition coefficient (Wildman–Crippen LogP) is 6.07. The number of ether oxygens (including phenoxy) is 14. The molecule has 586 valence electrons. The van der Waals surface area contributed by atoms with Gasteiger partial charge in [0.05, 0.1) is 61.1 Å². The summed E-state index contributed by atoms with van der Waals surface area (Å²) >= 11 is 0. The third kappa shape index (κ3) is 31.4. The smallest absolute Gasteiger partial charge is 0.330 e. The molecule has 2 aliphatic rings. The standard InChI is InChI=1S/C78H104N4O25/c1-17-59(13)96-45-75(47-98-64(84)20-4,48-99-65(85)21-5)42-94-43-76(46-97-60(14)18-2,49-100-66(86)22-6)52-103-72(92)32-34-80-37-38-82(40-58(80)12)74(15,16)73(93)61-27-29-62(30-28-61)81-36-35-79(57(11)39-81)33-31-71(91)104-53-77(50-101-67(87)23-7,51-102-68(88)24-8)44-95-54-78(55-105-69(89)25-9,56-106-70(90)26-10)107-41-63(83)19-3/h17-30,57-58H,1-10,13-14,31-56H2,11-12,15-16H3. The summed E-state index contributed by atoms with van der Waals surface area (Å²) in [4.78, 5) is 149. The Kier molecular flexibility index (Phi) is 39.2. The van der Waals surface area contributed by atoms with E-state index in [1.807, 2.05) is 52.0 Å². The third-order valence-electron chi connectivity index (χ3n) is 17.3. The van der Waals surface area contributed by atoms with Crippen molar-refractivity contribution in [2.75, 3.05) is 163 Å². The molecule has 1 aromatic carbocycles. The topological polar surface area (TPSA) is 330 Å². The highest BCUT2D eigenvalue weighted by molar-refractivity contribution is 6.03. The molecule has 29 nitrogen and oxygen atoms in total. The molecule has 0 saturated carbocycles. The van der Waals surface area contributed by atoms with Gasteiger partial charge in [0.15, 0.2) is 17.2 Å². The van der Waals surface area contributed by atoms with E-state index in [0.717, 1.165) is 54.3 Å². The second-order valence-electron chi connectivity index (χ2n) is 26.1. The van der Waals surface area contributed by atoms with E-state index in [2.05, 4.69) is 98.5 Å². The van der Waals surface area contributed by atoms with Gasteiger partial charge in [-0.05, 0) is 70.2 Å². The van der Waals surface area contributed by atoms with Gasteiger partial charge >= 0.3 is 53.7 Å². The number of esters is 9. The first kappa shape index (κ1) is 91.0. The highest BCUT2D eigenvalue weighted by Gasteiger charge is 2.44. The molecule has 2 heterocycles. The van der Waals surface area contributed by atoms with Gasteiger partial charge < -0.3 is 71.2 Å². The molecule has 107 heavy (non-hydrogen) atoms. The first-order chi connectivity index (χ1) is 50.8. The summed E-state index contributed by atoms with van der Waals surface area (Å²) in [6.45, 7) is 46.5. The van der Waals surface area contributed by atoms with E-state index in [-0.39, 0.29) is 75.2 Å². The van der Waals surface area contributed by atoms with Gasteiger partial charge in [-0.2, -0.15) is 0 Å². The summed E-state index contributed by atoms with van der Waals surface area (Å²) < 4.78 is 79.2. The van der Waals surface area contributed by atoms with Crippen molar-refractivity contribution >= 4 is 71.0 Å². The molecule has 3 atom stereocenters. The minimum Gasteiger partial charge on any atom is -0.493 e. The largest absolute Gasteiger partial charge is 0.493 e. The number of Topliss-reactive ketones (excluding diaryl/α,β-unsaturated/α-hetero) is 1. The van der Waals surface area contributed by atoms with Gasteiger partial charge in [-0.15, -0.1) is 0 Å². The van der Waals surface area contributed by atoms with Crippen molar-refractivity contribution in [1.82, 2.24) is 14.7 Å². The minimum atomic E-state index is -1.86. The van der Waals surface area contributed by atoms with Gasteiger partial charge in [0.1, 0.15) is 90.8 Å². The fourth-order valence-electron chi connectivity index (χ4n) is 10.6. The van der Waals surface area contributed by atoms with Crippen molar-refractivity contribution < 1.29 is 119 Å². The van der Waals surface area contributed by atoms with Crippen molar-refractivity contribution in [2.24, 2.45) is 16.2 Å². The van der Waals surface area contributed by atoms with Crippen LogP contribution in [0.1, 0.15) is 50.9 Å². The summed E-state index contributed by atoms with van der Waals surface area (Å²) in [5.74, 6) is -7.54.